The first-order valence-corrected chi connectivity index (χ1v) is 6.46. The van der Waals surface area contributed by atoms with Gasteiger partial charge in [-0.25, -0.2) is 0 Å². The molecular weight excluding hydrogens is 275 g/mol. The average Bonchev–Trinajstić information content (AvgIpc) is 2.97. The first-order valence-electron chi connectivity index (χ1n) is 6.46. The van der Waals surface area contributed by atoms with E-state index >= 15 is 0 Å². The highest BCUT2D eigenvalue weighted by Crippen LogP contribution is 2.30. The molecule has 0 amide bonds. The molecule has 1 aromatic heterocycles. The number of aromatic nitrogens is 1. The van der Waals surface area contributed by atoms with Gasteiger partial charge in [-0.15, -0.1) is 0 Å². The van der Waals surface area contributed by atoms with E-state index in [-0.39, 0.29) is 0 Å². The molecule has 2 aromatic carbocycles. The number of halogens is 3. The number of rotatable bonds is 2. The Hall–Kier alpha value is -2.49. The first-order chi connectivity index (χ1) is 10.1. The predicted molar refractivity (Wildman–Crippen MR) is 76.2 cm³/mol. The van der Waals surface area contributed by atoms with Gasteiger partial charge in [0.25, 0.3) is 0 Å². The van der Waals surface area contributed by atoms with Crippen LogP contribution in [-0.4, -0.2) is 4.57 Å². The Morgan fingerprint density at radius 2 is 1.38 bits per heavy atom. The molecule has 0 atom stereocenters. The van der Waals surface area contributed by atoms with Crippen molar-refractivity contribution in [3.05, 3.63) is 78.5 Å². The molecule has 0 unspecified atom stereocenters. The lowest BCUT2D eigenvalue weighted by Gasteiger charge is -2.11. The van der Waals surface area contributed by atoms with Crippen LogP contribution in [0.4, 0.5) is 13.2 Å². The fourth-order valence-electron chi connectivity index (χ4n) is 2.26. The minimum absolute atomic E-state index is 0.639. The number of hydrogen-bond donors (Lipinski definition) is 0. The van der Waals surface area contributed by atoms with Gasteiger partial charge in [0.2, 0.25) is 0 Å². The fraction of sp³-hybridized carbons (Fsp3) is 0.0588. The molecule has 106 valence electrons. The maximum Gasteiger partial charge on any atom is 0.416 e. The van der Waals surface area contributed by atoms with E-state index in [2.05, 4.69) is 0 Å². The molecule has 0 radical (unpaired) electrons. The summed E-state index contributed by atoms with van der Waals surface area (Å²) in [5.41, 5.74) is 2.02. The number of benzene rings is 2. The van der Waals surface area contributed by atoms with Crippen LogP contribution in [0.1, 0.15) is 5.56 Å². The molecule has 1 heterocycles. The molecular formula is C17H12F3N. The van der Waals surface area contributed by atoms with E-state index < -0.39 is 11.7 Å². The molecule has 0 saturated heterocycles. The van der Waals surface area contributed by atoms with Crippen LogP contribution < -0.4 is 0 Å². The monoisotopic (exact) mass is 287 g/mol. The summed E-state index contributed by atoms with van der Waals surface area (Å²) in [6.45, 7) is 0. The largest absolute Gasteiger partial charge is 0.416 e. The van der Waals surface area contributed by atoms with Crippen LogP contribution in [-0.2, 0) is 6.18 Å². The van der Waals surface area contributed by atoms with Crippen molar-refractivity contribution in [2.45, 2.75) is 6.18 Å². The van der Waals surface area contributed by atoms with E-state index in [0.29, 0.717) is 5.69 Å². The molecule has 21 heavy (non-hydrogen) atoms. The number of alkyl halides is 3. The van der Waals surface area contributed by atoms with Crippen molar-refractivity contribution in [3.63, 3.8) is 0 Å². The SMILES string of the molecule is FC(F)(F)c1ccc(-n2cccc2-c2ccccc2)cc1. The van der Waals surface area contributed by atoms with Gasteiger partial charge in [0.1, 0.15) is 0 Å². The standard InChI is InChI=1S/C17H12F3N/c18-17(19,20)14-8-10-15(11-9-14)21-12-4-7-16(21)13-5-2-1-3-6-13/h1-12H. The Kier molecular flexibility index (Phi) is 3.29. The predicted octanol–water partition coefficient (Wildman–Crippen LogP) is 5.16. The third-order valence-electron chi connectivity index (χ3n) is 3.29. The Morgan fingerprint density at radius 1 is 0.714 bits per heavy atom. The molecule has 3 aromatic rings. The molecule has 0 N–H and O–H groups in total. The summed E-state index contributed by atoms with van der Waals surface area (Å²) in [5, 5.41) is 0. The highest BCUT2D eigenvalue weighted by molar-refractivity contribution is 5.63. The minimum Gasteiger partial charge on any atom is -0.317 e. The highest BCUT2D eigenvalue weighted by Gasteiger charge is 2.30. The number of hydrogen-bond acceptors (Lipinski definition) is 0. The zero-order valence-electron chi connectivity index (χ0n) is 11.0. The van der Waals surface area contributed by atoms with E-state index in [1.54, 1.807) is 0 Å². The average molecular weight is 287 g/mol. The normalized spacial score (nSPS) is 11.6. The molecule has 0 fully saturated rings. The van der Waals surface area contributed by atoms with E-state index in [9.17, 15) is 13.2 Å². The third kappa shape index (κ3) is 2.70. The summed E-state index contributed by atoms with van der Waals surface area (Å²) in [6.07, 6.45) is -2.47. The highest BCUT2D eigenvalue weighted by atomic mass is 19.4. The lowest BCUT2D eigenvalue weighted by Crippen LogP contribution is -2.05. The van der Waals surface area contributed by atoms with Crippen molar-refractivity contribution in [2.24, 2.45) is 0 Å². The van der Waals surface area contributed by atoms with Crippen LogP contribution in [0.15, 0.2) is 72.9 Å². The molecule has 4 heteroatoms. The Bertz CT molecular complexity index is 725. The first kappa shape index (κ1) is 13.5. The summed E-state index contributed by atoms with van der Waals surface area (Å²) in [5.74, 6) is 0. The molecule has 0 aliphatic rings. The second-order valence-electron chi connectivity index (χ2n) is 4.67. The third-order valence-corrected chi connectivity index (χ3v) is 3.29. The smallest absolute Gasteiger partial charge is 0.317 e. The van der Waals surface area contributed by atoms with Crippen LogP contribution >= 0.6 is 0 Å². The Labute approximate surface area is 120 Å². The van der Waals surface area contributed by atoms with E-state index in [1.807, 2.05) is 53.2 Å². The van der Waals surface area contributed by atoms with Crippen LogP contribution in [0, 0.1) is 0 Å². The van der Waals surface area contributed by atoms with E-state index in [4.69, 9.17) is 0 Å². The molecule has 0 aliphatic heterocycles. The van der Waals surface area contributed by atoms with Gasteiger partial charge < -0.3 is 4.57 Å². The van der Waals surface area contributed by atoms with Crippen molar-refractivity contribution in [1.82, 2.24) is 4.57 Å². The molecule has 0 aliphatic carbocycles. The fourth-order valence-corrected chi connectivity index (χ4v) is 2.26. The van der Waals surface area contributed by atoms with Gasteiger partial charge in [-0.05, 0) is 42.0 Å². The minimum atomic E-state index is -4.31. The van der Waals surface area contributed by atoms with Crippen LogP contribution in [0.3, 0.4) is 0 Å². The van der Waals surface area contributed by atoms with Gasteiger partial charge in [0.05, 0.1) is 11.3 Å². The van der Waals surface area contributed by atoms with Gasteiger partial charge in [0.15, 0.2) is 0 Å². The molecule has 0 bridgehead atoms. The molecule has 1 nitrogen and oxygen atoms in total. The van der Waals surface area contributed by atoms with Gasteiger partial charge in [-0.1, -0.05) is 30.3 Å². The topological polar surface area (TPSA) is 4.93 Å². The van der Waals surface area contributed by atoms with Gasteiger partial charge in [-0.2, -0.15) is 13.2 Å². The quantitative estimate of drug-likeness (QED) is 0.613. The second kappa shape index (κ2) is 5.13. The van der Waals surface area contributed by atoms with Crippen molar-refractivity contribution in [3.8, 4) is 16.9 Å². The Balaban J connectivity index is 2.01. The van der Waals surface area contributed by atoms with Gasteiger partial charge >= 0.3 is 6.18 Å². The van der Waals surface area contributed by atoms with Crippen molar-refractivity contribution in [2.75, 3.05) is 0 Å². The Morgan fingerprint density at radius 3 is 2.00 bits per heavy atom. The van der Waals surface area contributed by atoms with Gasteiger partial charge in [-0.3, -0.25) is 0 Å². The summed E-state index contributed by atoms with van der Waals surface area (Å²) in [4.78, 5) is 0. The van der Waals surface area contributed by atoms with Crippen molar-refractivity contribution >= 4 is 0 Å². The lowest BCUT2D eigenvalue weighted by molar-refractivity contribution is -0.137. The second-order valence-corrected chi connectivity index (χ2v) is 4.67. The maximum atomic E-state index is 12.6. The van der Waals surface area contributed by atoms with Gasteiger partial charge in [0, 0.05) is 11.9 Å². The number of nitrogens with zero attached hydrogens (tertiary/aromatic N) is 1. The zero-order valence-corrected chi connectivity index (χ0v) is 11.0. The lowest BCUT2D eigenvalue weighted by atomic mass is 10.1. The summed E-state index contributed by atoms with van der Waals surface area (Å²) >= 11 is 0. The van der Waals surface area contributed by atoms with E-state index in [1.165, 1.54) is 12.1 Å². The molecule has 3 rings (SSSR count). The summed E-state index contributed by atoms with van der Waals surface area (Å²) in [6, 6.07) is 18.7. The van der Waals surface area contributed by atoms with Crippen LogP contribution in [0.5, 0.6) is 0 Å². The van der Waals surface area contributed by atoms with Crippen molar-refractivity contribution < 1.29 is 13.2 Å². The van der Waals surface area contributed by atoms with Crippen LogP contribution in [0.2, 0.25) is 0 Å². The maximum absolute atomic E-state index is 12.6. The summed E-state index contributed by atoms with van der Waals surface area (Å²) < 4.78 is 39.7. The molecule has 0 spiro atoms. The molecule has 0 saturated carbocycles. The van der Waals surface area contributed by atoms with Crippen LogP contribution in [0.25, 0.3) is 16.9 Å². The zero-order chi connectivity index (χ0) is 14.9. The van der Waals surface area contributed by atoms with E-state index in [0.717, 1.165) is 23.4 Å². The summed E-state index contributed by atoms with van der Waals surface area (Å²) in [7, 11) is 0. The van der Waals surface area contributed by atoms with Crippen molar-refractivity contribution in [1.29, 1.82) is 0 Å².